The minimum Gasteiger partial charge on any atom is -0.339 e. The van der Waals surface area contributed by atoms with E-state index in [4.69, 9.17) is 0 Å². The summed E-state index contributed by atoms with van der Waals surface area (Å²) in [7, 11) is 0. The molecule has 0 aliphatic carbocycles. The number of halogens is 2. The van der Waals surface area contributed by atoms with Crippen molar-refractivity contribution >= 4 is 16.9 Å². The van der Waals surface area contributed by atoms with Gasteiger partial charge in [-0.3, -0.25) is 4.79 Å². The number of aromatic nitrogens is 2. The molecule has 1 saturated heterocycles. The second-order valence-electron chi connectivity index (χ2n) is 5.75. The van der Waals surface area contributed by atoms with E-state index >= 15 is 0 Å². The molecule has 124 valence electrons. The topological polar surface area (TPSA) is 50.2 Å². The van der Waals surface area contributed by atoms with E-state index in [9.17, 15) is 13.6 Å². The van der Waals surface area contributed by atoms with Crippen LogP contribution in [0.2, 0.25) is 0 Å². The van der Waals surface area contributed by atoms with Crippen molar-refractivity contribution in [2.75, 3.05) is 26.2 Å². The number of hydrogen-bond donors (Lipinski definition) is 1. The molecule has 0 atom stereocenters. The average molecular weight is 322 g/mol. The standard InChI is InChI=1S/C16H20F2N4O/c1-2-3-15-20-13-8-11(17)12(18)9-14(13)22(15)10-16(23)21-6-4-19-5-7-21/h8-9,19H,2-7,10H2,1H3. The van der Waals surface area contributed by atoms with Crippen molar-refractivity contribution in [2.24, 2.45) is 0 Å². The molecular formula is C16H20F2N4O. The largest absolute Gasteiger partial charge is 0.339 e. The zero-order valence-corrected chi connectivity index (χ0v) is 13.1. The number of aryl methyl sites for hydroxylation is 1. The van der Waals surface area contributed by atoms with Crippen LogP contribution < -0.4 is 5.32 Å². The Balaban J connectivity index is 1.95. The van der Waals surface area contributed by atoms with Crippen LogP contribution in [-0.4, -0.2) is 46.5 Å². The van der Waals surface area contributed by atoms with E-state index in [2.05, 4.69) is 10.3 Å². The third-order valence-corrected chi connectivity index (χ3v) is 4.11. The second kappa shape index (κ2) is 6.62. The number of rotatable bonds is 4. The molecule has 0 spiro atoms. The average Bonchev–Trinajstić information content (AvgIpc) is 2.86. The Labute approximate surface area is 133 Å². The van der Waals surface area contributed by atoms with Crippen molar-refractivity contribution in [1.82, 2.24) is 19.8 Å². The summed E-state index contributed by atoms with van der Waals surface area (Å²) in [5.74, 6) is -1.17. The first-order valence-corrected chi connectivity index (χ1v) is 7.92. The summed E-state index contributed by atoms with van der Waals surface area (Å²) in [6, 6.07) is 2.22. The van der Waals surface area contributed by atoms with E-state index in [0.29, 0.717) is 36.4 Å². The Morgan fingerprint density at radius 3 is 2.65 bits per heavy atom. The van der Waals surface area contributed by atoms with Gasteiger partial charge in [0.1, 0.15) is 12.4 Å². The molecule has 1 aliphatic heterocycles. The molecule has 7 heteroatoms. The highest BCUT2D eigenvalue weighted by molar-refractivity contribution is 5.81. The summed E-state index contributed by atoms with van der Waals surface area (Å²) in [6.45, 7) is 4.99. The molecule has 0 bridgehead atoms. The van der Waals surface area contributed by atoms with Crippen molar-refractivity contribution in [3.05, 3.63) is 29.6 Å². The number of benzene rings is 1. The molecule has 1 amide bonds. The molecule has 2 heterocycles. The van der Waals surface area contributed by atoms with Gasteiger partial charge in [-0.05, 0) is 6.42 Å². The van der Waals surface area contributed by atoms with Gasteiger partial charge < -0.3 is 14.8 Å². The molecule has 0 unspecified atom stereocenters. The number of nitrogens with one attached hydrogen (secondary N) is 1. The molecule has 5 nitrogen and oxygen atoms in total. The zero-order valence-electron chi connectivity index (χ0n) is 13.1. The van der Waals surface area contributed by atoms with Gasteiger partial charge in [0.05, 0.1) is 11.0 Å². The van der Waals surface area contributed by atoms with Crippen molar-refractivity contribution in [1.29, 1.82) is 0 Å². The van der Waals surface area contributed by atoms with Crippen LogP contribution in [0.3, 0.4) is 0 Å². The highest BCUT2D eigenvalue weighted by Gasteiger charge is 2.20. The molecule has 1 aliphatic rings. The number of piperazine rings is 1. The maximum Gasteiger partial charge on any atom is 0.242 e. The van der Waals surface area contributed by atoms with E-state index in [1.54, 1.807) is 9.47 Å². The minimum atomic E-state index is -0.920. The van der Waals surface area contributed by atoms with Gasteiger partial charge in [-0.15, -0.1) is 0 Å². The highest BCUT2D eigenvalue weighted by atomic mass is 19.2. The van der Waals surface area contributed by atoms with Crippen LogP contribution in [-0.2, 0) is 17.8 Å². The smallest absolute Gasteiger partial charge is 0.242 e. The highest BCUT2D eigenvalue weighted by Crippen LogP contribution is 2.21. The van der Waals surface area contributed by atoms with Crippen molar-refractivity contribution in [3.8, 4) is 0 Å². The molecule has 3 rings (SSSR count). The lowest BCUT2D eigenvalue weighted by Gasteiger charge is -2.27. The van der Waals surface area contributed by atoms with Gasteiger partial charge in [-0.25, -0.2) is 13.8 Å². The Kier molecular flexibility index (Phi) is 4.56. The molecule has 23 heavy (non-hydrogen) atoms. The van der Waals surface area contributed by atoms with Crippen molar-refractivity contribution in [3.63, 3.8) is 0 Å². The monoisotopic (exact) mass is 322 g/mol. The van der Waals surface area contributed by atoms with Crippen molar-refractivity contribution in [2.45, 2.75) is 26.3 Å². The van der Waals surface area contributed by atoms with E-state index in [1.807, 2.05) is 6.92 Å². The summed E-state index contributed by atoms with van der Waals surface area (Å²) in [6.07, 6.45) is 1.50. The van der Waals surface area contributed by atoms with E-state index in [1.165, 1.54) is 0 Å². The number of carbonyl (C=O) groups excluding carboxylic acids is 1. The number of imidazole rings is 1. The molecule has 1 N–H and O–H groups in total. The molecule has 0 radical (unpaired) electrons. The molecular weight excluding hydrogens is 302 g/mol. The normalized spacial score (nSPS) is 15.3. The molecule has 1 aromatic heterocycles. The third-order valence-electron chi connectivity index (χ3n) is 4.11. The Hall–Kier alpha value is -2.02. The fourth-order valence-electron chi connectivity index (χ4n) is 2.91. The van der Waals surface area contributed by atoms with Crippen LogP contribution in [0.4, 0.5) is 8.78 Å². The summed E-state index contributed by atoms with van der Waals surface area (Å²) < 4.78 is 28.7. The van der Waals surface area contributed by atoms with Gasteiger partial charge in [-0.2, -0.15) is 0 Å². The van der Waals surface area contributed by atoms with Crippen LogP contribution >= 0.6 is 0 Å². The fraction of sp³-hybridized carbons (Fsp3) is 0.500. The Morgan fingerprint density at radius 2 is 1.96 bits per heavy atom. The molecule has 1 aromatic carbocycles. The third kappa shape index (κ3) is 3.19. The minimum absolute atomic E-state index is 0.0205. The van der Waals surface area contributed by atoms with Gasteiger partial charge in [0.2, 0.25) is 5.91 Å². The molecule has 0 saturated carbocycles. The van der Waals surface area contributed by atoms with E-state index in [0.717, 1.165) is 31.6 Å². The summed E-state index contributed by atoms with van der Waals surface area (Å²) in [4.78, 5) is 18.7. The number of amides is 1. The van der Waals surface area contributed by atoms with E-state index in [-0.39, 0.29) is 12.5 Å². The Morgan fingerprint density at radius 1 is 1.26 bits per heavy atom. The van der Waals surface area contributed by atoms with Gasteiger partial charge in [-0.1, -0.05) is 6.92 Å². The zero-order chi connectivity index (χ0) is 16.4. The lowest BCUT2D eigenvalue weighted by molar-refractivity contribution is -0.132. The number of hydrogen-bond acceptors (Lipinski definition) is 3. The number of fused-ring (bicyclic) bond motifs is 1. The van der Waals surface area contributed by atoms with Crippen LogP contribution in [0.25, 0.3) is 11.0 Å². The quantitative estimate of drug-likeness (QED) is 0.932. The first-order valence-electron chi connectivity index (χ1n) is 7.92. The SMILES string of the molecule is CCCc1nc2cc(F)c(F)cc2n1CC(=O)N1CCNCC1. The predicted octanol–water partition coefficient (Wildman–Crippen LogP) is 1.70. The first-order chi connectivity index (χ1) is 11.1. The Bertz CT molecular complexity index is 722. The first kappa shape index (κ1) is 15.9. The van der Waals surface area contributed by atoms with Gasteiger partial charge in [0.15, 0.2) is 11.6 Å². The lowest BCUT2D eigenvalue weighted by Crippen LogP contribution is -2.47. The van der Waals surface area contributed by atoms with Gasteiger partial charge in [0, 0.05) is 44.7 Å². The fourth-order valence-corrected chi connectivity index (χ4v) is 2.91. The maximum absolute atomic E-state index is 13.6. The van der Waals surface area contributed by atoms with Crippen LogP contribution in [0, 0.1) is 11.6 Å². The van der Waals surface area contributed by atoms with Gasteiger partial charge >= 0.3 is 0 Å². The summed E-state index contributed by atoms with van der Waals surface area (Å²) in [5, 5.41) is 3.20. The predicted molar refractivity (Wildman–Crippen MR) is 83.1 cm³/mol. The second-order valence-corrected chi connectivity index (χ2v) is 5.75. The van der Waals surface area contributed by atoms with Crippen LogP contribution in [0.1, 0.15) is 19.2 Å². The maximum atomic E-state index is 13.6. The number of nitrogens with zero attached hydrogens (tertiary/aromatic N) is 3. The van der Waals surface area contributed by atoms with Crippen LogP contribution in [0.15, 0.2) is 12.1 Å². The molecule has 1 fully saturated rings. The summed E-state index contributed by atoms with van der Waals surface area (Å²) >= 11 is 0. The van der Waals surface area contributed by atoms with Crippen molar-refractivity contribution < 1.29 is 13.6 Å². The van der Waals surface area contributed by atoms with E-state index < -0.39 is 11.6 Å². The number of carbonyl (C=O) groups is 1. The van der Waals surface area contributed by atoms with Crippen LogP contribution in [0.5, 0.6) is 0 Å². The van der Waals surface area contributed by atoms with Gasteiger partial charge in [0.25, 0.3) is 0 Å². The lowest BCUT2D eigenvalue weighted by atomic mass is 10.3. The summed E-state index contributed by atoms with van der Waals surface area (Å²) in [5.41, 5.74) is 0.858. The molecule has 2 aromatic rings.